The number of phenols is 1. The molecule has 18 heavy (non-hydrogen) atoms. The fraction of sp³-hybridized carbons (Fsp3) is 0.143. The summed E-state index contributed by atoms with van der Waals surface area (Å²) in [4.78, 5) is 0.989. The van der Waals surface area contributed by atoms with Crippen molar-refractivity contribution in [3.05, 3.63) is 58.1 Å². The number of hydrogen-bond donors (Lipinski definition) is 1. The van der Waals surface area contributed by atoms with Gasteiger partial charge < -0.3 is 5.11 Å². The Morgan fingerprint density at radius 2 is 1.67 bits per heavy atom. The summed E-state index contributed by atoms with van der Waals surface area (Å²) < 4.78 is 0. The summed E-state index contributed by atoms with van der Waals surface area (Å²) in [6.45, 7) is 0. The van der Waals surface area contributed by atoms with E-state index in [0.717, 1.165) is 10.6 Å². The zero-order valence-corrected chi connectivity index (χ0v) is 12.2. The summed E-state index contributed by atoms with van der Waals surface area (Å²) in [7, 11) is -0.0420. The van der Waals surface area contributed by atoms with Crippen LogP contribution in [0.25, 0.3) is 0 Å². The molecule has 94 valence electrons. The van der Waals surface area contributed by atoms with Crippen molar-refractivity contribution in [3.8, 4) is 5.75 Å². The van der Waals surface area contributed by atoms with E-state index in [1.165, 1.54) is 5.56 Å². The first kappa shape index (κ1) is 13.6. The van der Waals surface area contributed by atoms with Crippen molar-refractivity contribution < 1.29 is 5.11 Å². The molecule has 0 radical (unpaired) electrons. The van der Waals surface area contributed by atoms with E-state index in [0.29, 0.717) is 5.02 Å². The van der Waals surface area contributed by atoms with Crippen LogP contribution >= 0.6 is 23.2 Å². The fourth-order valence-corrected chi connectivity index (χ4v) is 4.02. The molecule has 0 aliphatic heterocycles. The maximum absolute atomic E-state index is 9.48. The van der Waals surface area contributed by atoms with Crippen LogP contribution in [0.2, 0.25) is 10.0 Å². The molecule has 0 saturated heterocycles. The lowest BCUT2D eigenvalue weighted by Crippen LogP contribution is -2.04. The second-order valence-corrected chi connectivity index (χ2v) is 6.74. The minimum Gasteiger partial charge on any atom is -0.506 e. The third kappa shape index (κ3) is 2.94. The van der Waals surface area contributed by atoms with Crippen LogP contribution in [-0.2, 0) is 16.6 Å². The number of benzene rings is 2. The summed E-state index contributed by atoms with van der Waals surface area (Å²) in [5.74, 6) is 0.948. The van der Waals surface area contributed by atoms with Gasteiger partial charge in [0.2, 0.25) is 0 Å². The van der Waals surface area contributed by atoms with Crippen molar-refractivity contribution in [2.24, 2.45) is 0 Å². The van der Waals surface area contributed by atoms with Gasteiger partial charge in [0.25, 0.3) is 0 Å². The van der Waals surface area contributed by atoms with E-state index in [4.69, 9.17) is 23.2 Å². The van der Waals surface area contributed by atoms with E-state index in [9.17, 15) is 5.11 Å². The van der Waals surface area contributed by atoms with Crippen molar-refractivity contribution in [3.63, 3.8) is 0 Å². The highest BCUT2D eigenvalue weighted by Crippen LogP contribution is 2.37. The van der Waals surface area contributed by atoms with Gasteiger partial charge >= 0.3 is 0 Å². The highest BCUT2D eigenvalue weighted by Gasteiger charge is 2.23. The molecule has 0 amide bonds. The quantitative estimate of drug-likeness (QED) is 0.827. The van der Waals surface area contributed by atoms with E-state index in [1.807, 2.05) is 24.3 Å². The third-order valence-corrected chi connectivity index (χ3v) is 5.47. The van der Waals surface area contributed by atoms with Crippen LogP contribution in [-0.4, -0.2) is 11.4 Å². The first-order valence-corrected chi connectivity index (χ1v) is 7.99. The molecule has 0 bridgehead atoms. The maximum Gasteiger partial charge on any atom is 0.175 e. The van der Waals surface area contributed by atoms with Gasteiger partial charge in [-0.05, 0) is 12.1 Å². The zero-order valence-electron chi connectivity index (χ0n) is 9.86. The molecule has 0 heterocycles. The van der Waals surface area contributed by atoms with Gasteiger partial charge in [-0.1, -0.05) is 53.5 Å². The average molecular weight is 300 g/mol. The molecule has 1 atom stereocenters. The lowest BCUT2D eigenvalue weighted by molar-refractivity contribution is 0.475. The van der Waals surface area contributed by atoms with Gasteiger partial charge in [-0.15, -0.1) is 0 Å². The Kier molecular flexibility index (Phi) is 4.44. The Morgan fingerprint density at radius 3 is 2.33 bits per heavy atom. The lowest BCUT2D eigenvalue weighted by atomic mass is 10.2. The Morgan fingerprint density at radius 1 is 1.00 bits per heavy atom. The first-order valence-electron chi connectivity index (χ1n) is 5.43. The standard InChI is InChI=1S/C14H12Cl2OS/c1-18(9-10-5-3-2-4-6-10)12-8-7-11(17)13(15)14(12)16/h2-8H,9H2,1H3/p+1. The molecule has 0 fully saturated rings. The number of rotatable bonds is 3. The smallest absolute Gasteiger partial charge is 0.175 e. The Bertz CT molecular complexity index is 543. The molecule has 0 aromatic heterocycles. The summed E-state index contributed by atoms with van der Waals surface area (Å²) in [6, 6.07) is 13.7. The van der Waals surface area contributed by atoms with Crippen molar-refractivity contribution in [2.75, 3.05) is 6.26 Å². The zero-order chi connectivity index (χ0) is 13.1. The van der Waals surface area contributed by atoms with Crippen LogP contribution in [0.15, 0.2) is 47.4 Å². The number of aromatic hydroxyl groups is 1. The predicted octanol–water partition coefficient (Wildman–Crippen LogP) is 4.51. The van der Waals surface area contributed by atoms with Crippen molar-refractivity contribution in [1.29, 1.82) is 0 Å². The number of hydrogen-bond acceptors (Lipinski definition) is 1. The van der Waals surface area contributed by atoms with E-state index < -0.39 is 0 Å². The van der Waals surface area contributed by atoms with Gasteiger partial charge in [0, 0.05) is 16.5 Å². The van der Waals surface area contributed by atoms with Crippen LogP contribution < -0.4 is 0 Å². The van der Waals surface area contributed by atoms with Crippen molar-refractivity contribution >= 4 is 34.1 Å². The van der Waals surface area contributed by atoms with Gasteiger partial charge in [-0.2, -0.15) is 0 Å². The van der Waals surface area contributed by atoms with E-state index >= 15 is 0 Å². The average Bonchev–Trinajstić information content (AvgIpc) is 2.37. The normalized spacial score (nSPS) is 12.4. The molecule has 1 nitrogen and oxygen atoms in total. The third-order valence-electron chi connectivity index (χ3n) is 2.63. The molecule has 0 aliphatic carbocycles. The Hall–Kier alpha value is -0.830. The second-order valence-electron chi connectivity index (χ2n) is 3.98. The molecule has 0 saturated carbocycles. The van der Waals surface area contributed by atoms with E-state index in [2.05, 4.69) is 18.4 Å². The molecule has 2 aromatic rings. The topological polar surface area (TPSA) is 20.2 Å². The molecule has 1 N–H and O–H groups in total. The van der Waals surface area contributed by atoms with Gasteiger partial charge in [0.15, 0.2) is 4.90 Å². The van der Waals surface area contributed by atoms with Crippen molar-refractivity contribution in [2.45, 2.75) is 10.6 Å². The van der Waals surface area contributed by atoms with Crippen LogP contribution in [0.1, 0.15) is 5.56 Å². The second kappa shape index (κ2) is 5.87. The van der Waals surface area contributed by atoms with Crippen LogP contribution in [0.5, 0.6) is 5.75 Å². The SMILES string of the molecule is C[S+](Cc1ccccc1)c1ccc(O)c(Cl)c1Cl. The lowest BCUT2D eigenvalue weighted by Gasteiger charge is -2.07. The van der Waals surface area contributed by atoms with E-state index in [1.54, 1.807) is 6.07 Å². The molecular formula is C14H13Cl2OS+. The minimum absolute atomic E-state index is 0.0297. The number of halogens is 2. The molecule has 1 unspecified atom stereocenters. The van der Waals surface area contributed by atoms with Crippen LogP contribution in [0.3, 0.4) is 0 Å². The Labute approximate surface area is 120 Å². The first-order chi connectivity index (χ1) is 8.59. The minimum atomic E-state index is -0.0420. The highest BCUT2D eigenvalue weighted by atomic mass is 35.5. The molecule has 0 aliphatic rings. The highest BCUT2D eigenvalue weighted by molar-refractivity contribution is 7.95. The van der Waals surface area contributed by atoms with Gasteiger partial charge in [-0.3, -0.25) is 0 Å². The van der Waals surface area contributed by atoms with Gasteiger partial charge in [0.1, 0.15) is 27.8 Å². The molecule has 2 rings (SSSR count). The summed E-state index contributed by atoms with van der Waals surface area (Å²) in [5, 5.41) is 10.2. The maximum atomic E-state index is 9.48. The van der Waals surface area contributed by atoms with Crippen LogP contribution in [0.4, 0.5) is 0 Å². The largest absolute Gasteiger partial charge is 0.506 e. The van der Waals surface area contributed by atoms with E-state index in [-0.39, 0.29) is 21.7 Å². The van der Waals surface area contributed by atoms with Gasteiger partial charge in [-0.25, -0.2) is 0 Å². The summed E-state index contributed by atoms with van der Waals surface area (Å²) >= 11 is 12.1. The molecule has 2 aromatic carbocycles. The molecular weight excluding hydrogens is 287 g/mol. The summed E-state index contributed by atoms with van der Waals surface area (Å²) in [6.07, 6.45) is 2.13. The Balaban J connectivity index is 2.24. The van der Waals surface area contributed by atoms with Crippen molar-refractivity contribution in [1.82, 2.24) is 0 Å². The number of phenolic OH excluding ortho intramolecular Hbond substituents is 1. The monoisotopic (exact) mass is 299 g/mol. The molecule has 0 spiro atoms. The van der Waals surface area contributed by atoms with Crippen LogP contribution in [0, 0.1) is 0 Å². The molecule has 4 heteroatoms. The predicted molar refractivity (Wildman–Crippen MR) is 79.8 cm³/mol. The van der Waals surface area contributed by atoms with Gasteiger partial charge in [0.05, 0.1) is 0 Å². The fourth-order valence-electron chi connectivity index (χ4n) is 1.69. The summed E-state index contributed by atoms with van der Waals surface area (Å²) in [5.41, 5.74) is 1.27.